The van der Waals surface area contributed by atoms with Gasteiger partial charge in [0.2, 0.25) is 5.91 Å². The number of nitrogens with zero attached hydrogens (tertiary/aromatic N) is 3. The molecule has 0 saturated heterocycles. The molecule has 2 heterocycles. The van der Waals surface area contributed by atoms with Gasteiger partial charge in [-0.2, -0.15) is 5.26 Å². The van der Waals surface area contributed by atoms with Crippen molar-refractivity contribution in [2.24, 2.45) is 0 Å². The van der Waals surface area contributed by atoms with Crippen LogP contribution in [-0.2, 0) is 11.2 Å². The maximum absolute atomic E-state index is 12.3. The van der Waals surface area contributed by atoms with Crippen LogP contribution in [0.5, 0.6) is 0 Å². The zero-order valence-electron chi connectivity index (χ0n) is 15.4. The molecular weight excluding hydrogens is 336 g/mol. The Morgan fingerprint density at radius 3 is 2.89 bits per heavy atom. The van der Waals surface area contributed by atoms with Crippen LogP contribution in [0.4, 0.5) is 11.4 Å². The molecule has 1 aliphatic carbocycles. The highest BCUT2D eigenvalue weighted by atomic mass is 16.2. The van der Waals surface area contributed by atoms with Crippen LogP contribution in [-0.4, -0.2) is 23.5 Å². The van der Waals surface area contributed by atoms with Gasteiger partial charge in [0.05, 0.1) is 6.07 Å². The summed E-state index contributed by atoms with van der Waals surface area (Å²) >= 11 is 0. The second kappa shape index (κ2) is 7.79. The maximum Gasteiger partial charge on any atom is 0.227 e. The lowest BCUT2D eigenvalue weighted by Crippen LogP contribution is -2.36. The van der Waals surface area contributed by atoms with E-state index in [0.717, 1.165) is 37.1 Å². The minimum absolute atomic E-state index is 0.165. The van der Waals surface area contributed by atoms with Gasteiger partial charge in [-0.15, -0.1) is 0 Å². The fourth-order valence-corrected chi connectivity index (χ4v) is 4.04. The van der Waals surface area contributed by atoms with Crippen LogP contribution in [0.15, 0.2) is 42.6 Å². The number of anilines is 2. The number of rotatable bonds is 6. The first kappa shape index (κ1) is 17.5. The first-order valence-electron chi connectivity index (χ1n) is 9.72. The Labute approximate surface area is 160 Å². The summed E-state index contributed by atoms with van der Waals surface area (Å²) in [5, 5.41) is 12.4. The summed E-state index contributed by atoms with van der Waals surface area (Å²) in [6, 6.07) is 15.1. The molecule has 0 radical (unpaired) electrons. The zero-order chi connectivity index (χ0) is 18.6. The highest BCUT2D eigenvalue weighted by Crippen LogP contribution is 2.38. The molecule has 5 heteroatoms. The first-order valence-corrected chi connectivity index (χ1v) is 9.72. The van der Waals surface area contributed by atoms with E-state index in [4.69, 9.17) is 5.26 Å². The van der Waals surface area contributed by atoms with Gasteiger partial charge in [-0.3, -0.25) is 9.78 Å². The molecule has 0 unspecified atom stereocenters. The highest BCUT2D eigenvalue weighted by Gasteiger charge is 2.31. The van der Waals surface area contributed by atoms with Crippen molar-refractivity contribution in [2.75, 3.05) is 16.8 Å². The van der Waals surface area contributed by atoms with E-state index in [0.29, 0.717) is 31.3 Å². The van der Waals surface area contributed by atoms with Gasteiger partial charge in [0, 0.05) is 54.6 Å². The molecule has 138 valence electrons. The van der Waals surface area contributed by atoms with E-state index in [1.165, 1.54) is 11.3 Å². The quantitative estimate of drug-likeness (QED) is 0.790. The number of benzene rings is 1. The molecule has 27 heavy (non-hydrogen) atoms. The second-order valence-electron chi connectivity index (χ2n) is 7.41. The summed E-state index contributed by atoms with van der Waals surface area (Å²) in [6.07, 6.45) is 6.62. The Hall–Kier alpha value is -2.87. The molecule has 1 aromatic carbocycles. The average molecular weight is 360 g/mol. The fourth-order valence-electron chi connectivity index (χ4n) is 4.04. The van der Waals surface area contributed by atoms with E-state index >= 15 is 0 Å². The van der Waals surface area contributed by atoms with E-state index in [1.54, 1.807) is 0 Å². The van der Waals surface area contributed by atoms with Crippen LogP contribution in [0, 0.1) is 11.3 Å². The number of pyridine rings is 1. The van der Waals surface area contributed by atoms with Gasteiger partial charge in [-0.1, -0.05) is 6.07 Å². The van der Waals surface area contributed by atoms with E-state index < -0.39 is 0 Å². The fraction of sp³-hybridized carbons (Fsp3) is 0.409. The highest BCUT2D eigenvalue weighted by molar-refractivity contribution is 5.96. The number of carbonyl (C=O) groups excluding carboxylic acids is 1. The van der Waals surface area contributed by atoms with E-state index in [2.05, 4.69) is 46.7 Å². The summed E-state index contributed by atoms with van der Waals surface area (Å²) < 4.78 is 0. The lowest BCUT2D eigenvalue weighted by Gasteiger charge is -2.36. The van der Waals surface area contributed by atoms with Crippen molar-refractivity contribution in [1.29, 1.82) is 5.26 Å². The summed E-state index contributed by atoms with van der Waals surface area (Å²) in [4.78, 5) is 18.6. The third-order valence-corrected chi connectivity index (χ3v) is 5.56. The van der Waals surface area contributed by atoms with Gasteiger partial charge in [-0.05, 0) is 61.6 Å². The van der Waals surface area contributed by atoms with Crippen molar-refractivity contribution in [1.82, 2.24) is 4.98 Å². The van der Waals surface area contributed by atoms with Gasteiger partial charge in [0.1, 0.15) is 0 Å². The van der Waals surface area contributed by atoms with E-state index in [9.17, 15) is 4.79 Å². The summed E-state index contributed by atoms with van der Waals surface area (Å²) in [6.45, 7) is 0.626. The molecule has 2 aliphatic rings. The van der Waals surface area contributed by atoms with Crippen LogP contribution in [0.2, 0.25) is 0 Å². The van der Waals surface area contributed by atoms with E-state index in [1.807, 2.05) is 17.2 Å². The number of fused-ring (bicyclic) bond motifs is 1. The van der Waals surface area contributed by atoms with Crippen LogP contribution in [0.25, 0.3) is 0 Å². The summed E-state index contributed by atoms with van der Waals surface area (Å²) in [5.74, 6) is 0.716. The van der Waals surface area contributed by atoms with Crippen molar-refractivity contribution >= 4 is 17.3 Å². The maximum atomic E-state index is 12.3. The Balaban J connectivity index is 1.39. The standard InChI is InChI=1S/C22H24N4O/c23-10-2-4-12-26-21-8-7-18(13-16(21)6-9-22(26)27)25-19-14-17(15-19)20-5-1-3-11-24-20/h1,3,5,7-8,11,13,17,19,25H,2,4,6,9,12,14-15H2. The zero-order valence-corrected chi connectivity index (χ0v) is 15.4. The number of aromatic nitrogens is 1. The van der Waals surface area contributed by atoms with Gasteiger partial charge in [0.25, 0.3) is 0 Å². The molecule has 1 fully saturated rings. The minimum Gasteiger partial charge on any atom is -0.382 e. The molecule has 5 nitrogen and oxygen atoms in total. The number of nitrogens with one attached hydrogen (secondary N) is 1. The van der Waals surface area contributed by atoms with Gasteiger partial charge in [-0.25, -0.2) is 0 Å². The van der Waals surface area contributed by atoms with Crippen molar-refractivity contribution < 1.29 is 4.79 Å². The number of nitriles is 1. The number of hydrogen-bond donors (Lipinski definition) is 1. The molecule has 1 aliphatic heterocycles. The molecule has 1 amide bonds. The SMILES string of the molecule is N#CCCCN1C(=O)CCc2cc(NC3CC(c4ccccn4)C3)ccc21. The molecule has 1 N–H and O–H groups in total. The number of carbonyl (C=O) groups is 1. The van der Waals surface area contributed by atoms with Gasteiger partial charge < -0.3 is 10.2 Å². The second-order valence-corrected chi connectivity index (χ2v) is 7.41. The van der Waals surface area contributed by atoms with Crippen molar-refractivity contribution in [3.05, 3.63) is 53.9 Å². The molecule has 1 saturated carbocycles. The number of hydrogen-bond acceptors (Lipinski definition) is 4. The molecule has 4 rings (SSSR count). The summed E-state index contributed by atoms with van der Waals surface area (Å²) in [5.41, 5.74) is 4.55. The normalized spacial score (nSPS) is 21.1. The lowest BCUT2D eigenvalue weighted by atomic mass is 9.78. The minimum atomic E-state index is 0.165. The topological polar surface area (TPSA) is 69.0 Å². The number of amides is 1. The van der Waals surface area contributed by atoms with Crippen LogP contribution in [0.3, 0.4) is 0 Å². The average Bonchev–Trinajstić information content (AvgIpc) is 2.67. The van der Waals surface area contributed by atoms with Crippen molar-refractivity contribution in [3.8, 4) is 6.07 Å². The van der Waals surface area contributed by atoms with Crippen LogP contribution in [0.1, 0.15) is 49.3 Å². The van der Waals surface area contributed by atoms with Crippen molar-refractivity contribution in [2.45, 2.75) is 50.5 Å². The number of unbranched alkanes of at least 4 members (excludes halogenated alkanes) is 1. The molecule has 2 aromatic rings. The molecule has 1 aromatic heterocycles. The van der Waals surface area contributed by atoms with E-state index in [-0.39, 0.29) is 5.91 Å². The first-order chi connectivity index (χ1) is 13.2. The predicted octanol–water partition coefficient (Wildman–Crippen LogP) is 4.02. The van der Waals surface area contributed by atoms with Crippen LogP contribution < -0.4 is 10.2 Å². The van der Waals surface area contributed by atoms with Gasteiger partial charge in [0.15, 0.2) is 0 Å². The predicted molar refractivity (Wildman–Crippen MR) is 106 cm³/mol. The molecule has 0 bridgehead atoms. The Bertz CT molecular complexity index is 852. The van der Waals surface area contributed by atoms with Gasteiger partial charge >= 0.3 is 0 Å². The smallest absolute Gasteiger partial charge is 0.227 e. The third kappa shape index (κ3) is 3.80. The number of aryl methyl sites for hydroxylation is 1. The van der Waals surface area contributed by atoms with Crippen LogP contribution >= 0.6 is 0 Å². The Kier molecular flexibility index (Phi) is 5.06. The molecule has 0 atom stereocenters. The third-order valence-electron chi connectivity index (χ3n) is 5.56. The Morgan fingerprint density at radius 2 is 2.11 bits per heavy atom. The van der Waals surface area contributed by atoms with Crippen molar-refractivity contribution in [3.63, 3.8) is 0 Å². The monoisotopic (exact) mass is 360 g/mol. The largest absolute Gasteiger partial charge is 0.382 e. The Morgan fingerprint density at radius 1 is 1.22 bits per heavy atom. The molecule has 0 spiro atoms. The lowest BCUT2D eigenvalue weighted by molar-refractivity contribution is -0.118. The summed E-state index contributed by atoms with van der Waals surface area (Å²) in [7, 11) is 0. The molecular formula is C22H24N4O.